The number of alkyl halides is 4. The molecule has 0 aromatic carbocycles. The van der Waals surface area contributed by atoms with Crippen molar-refractivity contribution in [3.8, 4) is 0 Å². The van der Waals surface area contributed by atoms with E-state index in [9.17, 15) is 31.1 Å². The van der Waals surface area contributed by atoms with Crippen molar-refractivity contribution in [3.63, 3.8) is 0 Å². The van der Waals surface area contributed by atoms with E-state index in [4.69, 9.17) is 0 Å². The van der Waals surface area contributed by atoms with Crippen LogP contribution in [0.1, 0.15) is 6.92 Å². The van der Waals surface area contributed by atoms with Crippen molar-refractivity contribution in [3.05, 3.63) is 0 Å². The Morgan fingerprint density at radius 1 is 1.38 bits per heavy atom. The minimum absolute atomic E-state index is 0.454. The van der Waals surface area contributed by atoms with Gasteiger partial charge < -0.3 is 9.39 Å². The maximum atomic E-state index is 12.3. The number of hydrogen-bond acceptors (Lipinski definition) is 3. The summed E-state index contributed by atoms with van der Waals surface area (Å²) in [6.07, 6.45) is -8.43. The zero-order valence-electron chi connectivity index (χ0n) is 8.15. The number of rotatable bonds is 5. The molecule has 2 unspecified atom stereocenters. The Kier molecular flexibility index (Phi) is 4.80. The van der Waals surface area contributed by atoms with Crippen LogP contribution in [-0.2, 0) is 14.2 Å². The molecule has 10 heteroatoms. The highest BCUT2D eigenvalue weighted by Crippen LogP contribution is 2.38. The van der Waals surface area contributed by atoms with Crippen molar-refractivity contribution in [1.82, 2.24) is 0 Å². The molecule has 0 bridgehead atoms. The molecule has 0 radical (unpaired) electrons. The van der Waals surface area contributed by atoms with Gasteiger partial charge in [0.25, 0.3) is 0 Å². The predicted molar refractivity (Wildman–Crippen MR) is 40.4 cm³/mol. The van der Waals surface area contributed by atoms with Gasteiger partial charge in [0.1, 0.15) is 0 Å². The Morgan fingerprint density at radius 3 is 2.00 bits per heavy atom. The Morgan fingerprint density at radius 2 is 1.81 bits per heavy atom. The zero-order chi connectivity index (χ0) is 13.1. The van der Waals surface area contributed by atoms with Gasteiger partial charge in [0.2, 0.25) is 0 Å². The molecule has 0 rings (SSSR count). The number of carbonyl (C=O) groups excluding carboxylic acids is 1. The summed E-state index contributed by atoms with van der Waals surface area (Å²) in [4.78, 5) is 10.2. The van der Waals surface area contributed by atoms with Crippen molar-refractivity contribution >= 4 is 13.2 Å². The smallest absolute Gasteiger partial charge is 0.364 e. The lowest BCUT2D eigenvalue weighted by Crippen LogP contribution is -2.57. The maximum absolute atomic E-state index is 12.3. The third-order valence-corrected chi connectivity index (χ3v) is 1.29. The Labute approximate surface area is 86.9 Å². The minimum atomic E-state index is -5.75. The summed E-state index contributed by atoms with van der Waals surface area (Å²) in [5.41, 5.74) is 0. The molecule has 0 spiro atoms. The standard InChI is InChI=1S/C6H7BF6O3/c1-3(8)15-5(4(9)14,6(10,11)12)16-7(2)13/h3H,1-2H3. The highest BCUT2D eigenvalue weighted by molar-refractivity contribution is 6.42. The molecule has 0 fully saturated rings. The predicted octanol–water partition coefficient (Wildman–Crippen LogP) is 2.18. The maximum Gasteiger partial charge on any atom is 0.498 e. The van der Waals surface area contributed by atoms with Crippen LogP contribution in [0.15, 0.2) is 0 Å². The van der Waals surface area contributed by atoms with E-state index < -0.39 is 31.6 Å². The molecule has 16 heavy (non-hydrogen) atoms. The van der Waals surface area contributed by atoms with E-state index in [1.54, 1.807) is 0 Å². The zero-order valence-corrected chi connectivity index (χ0v) is 8.15. The van der Waals surface area contributed by atoms with E-state index in [-0.39, 0.29) is 0 Å². The average Bonchev–Trinajstić information content (AvgIpc) is 1.97. The first kappa shape index (κ1) is 15.2. The van der Waals surface area contributed by atoms with E-state index in [1.807, 2.05) is 0 Å². The van der Waals surface area contributed by atoms with Gasteiger partial charge in [-0.2, -0.15) is 17.6 Å². The van der Waals surface area contributed by atoms with Crippen LogP contribution in [0.25, 0.3) is 0 Å². The van der Waals surface area contributed by atoms with Crippen molar-refractivity contribution in [1.29, 1.82) is 0 Å². The highest BCUT2D eigenvalue weighted by atomic mass is 19.4. The summed E-state index contributed by atoms with van der Waals surface area (Å²) >= 11 is 0. The van der Waals surface area contributed by atoms with Gasteiger partial charge in [0, 0.05) is 0 Å². The molecule has 3 nitrogen and oxygen atoms in total. The van der Waals surface area contributed by atoms with Crippen LogP contribution < -0.4 is 0 Å². The van der Waals surface area contributed by atoms with E-state index in [2.05, 4.69) is 9.39 Å². The molecule has 0 aliphatic heterocycles. The molecule has 0 aromatic heterocycles. The normalized spacial score (nSPS) is 17.8. The molecular formula is C6H7BF6O3. The molecule has 0 aliphatic carbocycles. The van der Waals surface area contributed by atoms with Crippen LogP contribution in [0.5, 0.6) is 0 Å². The number of carbonyl (C=O) groups is 1. The largest absolute Gasteiger partial charge is 0.498 e. The Hall–Kier alpha value is -0.765. The second kappa shape index (κ2) is 5.04. The second-order valence-corrected chi connectivity index (χ2v) is 2.71. The van der Waals surface area contributed by atoms with Gasteiger partial charge in [-0.05, 0) is 13.7 Å². The Balaban J connectivity index is 5.31. The fourth-order valence-corrected chi connectivity index (χ4v) is 0.823. The van der Waals surface area contributed by atoms with Crippen LogP contribution in [0, 0.1) is 0 Å². The molecule has 0 amide bonds. The van der Waals surface area contributed by atoms with Gasteiger partial charge in [0.05, 0.1) is 0 Å². The van der Waals surface area contributed by atoms with Crippen LogP contribution in [0.4, 0.5) is 26.3 Å². The molecular weight excluding hydrogens is 245 g/mol. The van der Waals surface area contributed by atoms with Gasteiger partial charge in [-0.3, -0.25) is 9.11 Å². The third-order valence-electron chi connectivity index (χ3n) is 1.29. The number of ether oxygens (including phenoxy) is 1. The number of halogens is 6. The first-order valence-corrected chi connectivity index (χ1v) is 3.93. The summed E-state index contributed by atoms with van der Waals surface area (Å²) in [5.74, 6) is -4.57. The molecule has 0 aromatic rings. The first-order valence-electron chi connectivity index (χ1n) is 3.93. The summed E-state index contributed by atoms with van der Waals surface area (Å²) in [5, 5.41) is 0. The van der Waals surface area contributed by atoms with Crippen molar-refractivity contribution in [2.75, 3.05) is 0 Å². The summed E-state index contributed by atoms with van der Waals surface area (Å²) in [6.45, 7) is 0.908. The van der Waals surface area contributed by atoms with Gasteiger partial charge in [-0.1, -0.05) is 0 Å². The third kappa shape index (κ3) is 3.37. The van der Waals surface area contributed by atoms with E-state index >= 15 is 0 Å². The minimum Gasteiger partial charge on any atom is -0.364 e. The van der Waals surface area contributed by atoms with Crippen LogP contribution >= 0.6 is 0 Å². The van der Waals surface area contributed by atoms with Crippen LogP contribution in [0.2, 0.25) is 6.82 Å². The molecule has 0 aliphatic rings. The molecule has 2 atom stereocenters. The fraction of sp³-hybridized carbons (Fsp3) is 0.833. The molecule has 0 heterocycles. The van der Waals surface area contributed by atoms with Gasteiger partial charge >= 0.3 is 25.2 Å². The van der Waals surface area contributed by atoms with E-state index in [1.165, 1.54) is 0 Å². The quantitative estimate of drug-likeness (QED) is 0.325. The lowest BCUT2D eigenvalue weighted by molar-refractivity contribution is -0.360. The van der Waals surface area contributed by atoms with Crippen molar-refractivity contribution in [2.45, 2.75) is 32.1 Å². The second-order valence-electron chi connectivity index (χ2n) is 2.71. The number of hydrogen-bond donors (Lipinski definition) is 0. The van der Waals surface area contributed by atoms with E-state index in [0.29, 0.717) is 13.7 Å². The van der Waals surface area contributed by atoms with Gasteiger partial charge in [-0.15, -0.1) is 0 Å². The summed E-state index contributed by atoms with van der Waals surface area (Å²) in [7, 11) is -2.68. The average molecular weight is 252 g/mol. The molecule has 0 saturated heterocycles. The Bertz CT molecular complexity index is 243. The SMILES string of the molecule is CB(F)OC(OC(C)F)(C(=O)F)C(F)(F)F. The fourth-order valence-electron chi connectivity index (χ4n) is 0.823. The molecule has 0 saturated carbocycles. The van der Waals surface area contributed by atoms with Crippen molar-refractivity contribution in [2.24, 2.45) is 0 Å². The molecule has 0 N–H and O–H groups in total. The summed E-state index contributed by atoms with van der Waals surface area (Å²) < 4.78 is 80.6. The van der Waals surface area contributed by atoms with Crippen LogP contribution in [-0.4, -0.2) is 31.6 Å². The molecule has 94 valence electrons. The highest BCUT2D eigenvalue weighted by Gasteiger charge is 2.66. The topological polar surface area (TPSA) is 35.5 Å². The lowest BCUT2D eigenvalue weighted by atomic mass is 9.99. The van der Waals surface area contributed by atoms with E-state index in [0.717, 1.165) is 0 Å². The van der Waals surface area contributed by atoms with Crippen molar-refractivity contribution < 1.29 is 40.5 Å². The van der Waals surface area contributed by atoms with Gasteiger partial charge in [0.15, 0.2) is 6.36 Å². The monoisotopic (exact) mass is 252 g/mol. The summed E-state index contributed by atoms with van der Waals surface area (Å²) in [6, 6.07) is -3.19. The van der Waals surface area contributed by atoms with Gasteiger partial charge in [-0.25, -0.2) is 4.39 Å². The lowest BCUT2D eigenvalue weighted by Gasteiger charge is -2.31. The first-order chi connectivity index (χ1) is 7.03. The van der Waals surface area contributed by atoms with Crippen LogP contribution in [0.3, 0.4) is 0 Å².